The van der Waals surface area contributed by atoms with E-state index in [1.165, 1.54) is 11.1 Å². The Morgan fingerprint density at radius 1 is 1.35 bits per heavy atom. The van der Waals surface area contributed by atoms with Crippen molar-refractivity contribution in [3.05, 3.63) is 42.0 Å². The lowest BCUT2D eigenvalue weighted by atomic mass is 10.1. The Balaban J connectivity index is 2.30. The second-order valence-corrected chi connectivity index (χ2v) is 6.11. The standard InChI is InChI=1S/C17H26O2Si/c1-5-15-9-8-10-16(13-15)11-12-19-20-17(6-2)14(4)18-7-3/h5,8-10,13-14,17H,1,6-7,11-12H2,2-4H3. The quantitative estimate of drug-likeness (QED) is 0.476. The van der Waals surface area contributed by atoms with Crippen LogP contribution in [0.5, 0.6) is 0 Å². The number of hydrogen-bond donors (Lipinski definition) is 0. The van der Waals surface area contributed by atoms with Gasteiger partial charge in [0.05, 0.1) is 6.10 Å². The van der Waals surface area contributed by atoms with E-state index in [-0.39, 0.29) is 6.10 Å². The zero-order valence-corrected chi connectivity index (χ0v) is 13.9. The molecule has 0 aliphatic rings. The first kappa shape index (κ1) is 17.1. The Bertz CT molecular complexity index is 392. The highest BCUT2D eigenvalue weighted by Gasteiger charge is 2.17. The van der Waals surface area contributed by atoms with Crippen LogP contribution < -0.4 is 0 Å². The van der Waals surface area contributed by atoms with Crippen LogP contribution >= 0.6 is 0 Å². The predicted octanol–water partition coefficient (Wildman–Crippen LogP) is 4.13. The molecule has 0 N–H and O–H groups in total. The van der Waals surface area contributed by atoms with Gasteiger partial charge in [-0.05, 0) is 31.4 Å². The van der Waals surface area contributed by atoms with Crippen LogP contribution in [0.3, 0.4) is 0 Å². The summed E-state index contributed by atoms with van der Waals surface area (Å²) in [7, 11) is 0.518. The third kappa shape index (κ3) is 6.03. The molecule has 0 heterocycles. The van der Waals surface area contributed by atoms with Gasteiger partial charge >= 0.3 is 0 Å². The van der Waals surface area contributed by atoms with Crippen molar-refractivity contribution in [2.24, 2.45) is 0 Å². The Morgan fingerprint density at radius 3 is 2.80 bits per heavy atom. The molecular formula is C17H26O2Si. The highest BCUT2D eigenvalue weighted by molar-refractivity contribution is 6.29. The molecule has 2 unspecified atom stereocenters. The molecular weight excluding hydrogens is 264 g/mol. The molecule has 0 saturated heterocycles. The first-order chi connectivity index (χ1) is 9.71. The summed E-state index contributed by atoms with van der Waals surface area (Å²) in [5, 5.41) is 0. The fraction of sp³-hybridized carbons (Fsp3) is 0.529. The summed E-state index contributed by atoms with van der Waals surface area (Å²) in [5.74, 6) is 0. The van der Waals surface area contributed by atoms with Crippen LogP contribution in [0.15, 0.2) is 30.8 Å². The van der Waals surface area contributed by atoms with Gasteiger partial charge < -0.3 is 9.16 Å². The van der Waals surface area contributed by atoms with Gasteiger partial charge in [0.15, 0.2) is 0 Å². The molecule has 1 aromatic rings. The largest absolute Gasteiger partial charge is 0.417 e. The van der Waals surface area contributed by atoms with Gasteiger partial charge in [0.1, 0.15) is 0 Å². The monoisotopic (exact) mass is 290 g/mol. The topological polar surface area (TPSA) is 18.5 Å². The van der Waals surface area contributed by atoms with Crippen LogP contribution in [-0.2, 0) is 15.6 Å². The maximum absolute atomic E-state index is 5.85. The SMILES string of the molecule is C=Cc1cccc(CCO[Si]C(CC)C(C)OCC)c1. The van der Waals surface area contributed by atoms with Crippen molar-refractivity contribution in [1.82, 2.24) is 0 Å². The lowest BCUT2D eigenvalue weighted by Crippen LogP contribution is -2.22. The molecule has 2 atom stereocenters. The lowest BCUT2D eigenvalue weighted by molar-refractivity contribution is 0.0665. The highest BCUT2D eigenvalue weighted by atomic mass is 28.2. The minimum absolute atomic E-state index is 0.285. The van der Waals surface area contributed by atoms with Crippen molar-refractivity contribution in [2.75, 3.05) is 13.2 Å². The molecule has 2 radical (unpaired) electrons. The molecule has 1 aromatic carbocycles. The predicted molar refractivity (Wildman–Crippen MR) is 87.1 cm³/mol. The Labute approximate surface area is 126 Å². The van der Waals surface area contributed by atoms with Crippen LogP contribution in [-0.4, -0.2) is 29.1 Å². The summed E-state index contributed by atoms with van der Waals surface area (Å²) in [6.07, 6.45) is 4.22. The minimum atomic E-state index is 0.285. The van der Waals surface area contributed by atoms with Crippen molar-refractivity contribution >= 4 is 15.8 Å². The van der Waals surface area contributed by atoms with E-state index < -0.39 is 0 Å². The van der Waals surface area contributed by atoms with E-state index in [9.17, 15) is 0 Å². The molecule has 0 fully saturated rings. The Morgan fingerprint density at radius 2 is 2.15 bits per heavy atom. The number of benzene rings is 1. The van der Waals surface area contributed by atoms with Crippen LogP contribution in [0.2, 0.25) is 5.54 Å². The molecule has 0 aliphatic heterocycles. The lowest BCUT2D eigenvalue weighted by Gasteiger charge is -2.21. The molecule has 0 spiro atoms. The van der Waals surface area contributed by atoms with E-state index in [4.69, 9.17) is 9.16 Å². The van der Waals surface area contributed by atoms with E-state index in [0.29, 0.717) is 15.3 Å². The van der Waals surface area contributed by atoms with Crippen LogP contribution in [0, 0.1) is 0 Å². The molecule has 0 aromatic heterocycles. The van der Waals surface area contributed by atoms with E-state index in [1.54, 1.807) is 0 Å². The van der Waals surface area contributed by atoms with Crippen molar-refractivity contribution in [2.45, 2.75) is 45.3 Å². The van der Waals surface area contributed by atoms with E-state index in [2.05, 4.69) is 44.7 Å². The molecule has 0 aliphatic carbocycles. The molecule has 110 valence electrons. The van der Waals surface area contributed by atoms with E-state index in [0.717, 1.165) is 26.1 Å². The van der Waals surface area contributed by atoms with Crippen LogP contribution in [0.1, 0.15) is 38.3 Å². The maximum Gasteiger partial charge on any atom is 0.235 e. The summed E-state index contributed by atoms with van der Waals surface area (Å²) in [5.41, 5.74) is 2.98. The van der Waals surface area contributed by atoms with Gasteiger partial charge in [0, 0.05) is 18.8 Å². The van der Waals surface area contributed by atoms with Gasteiger partial charge in [0.2, 0.25) is 9.76 Å². The van der Waals surface area contributed by atoms with Gasteiger partial charge in [-0.1, -0.05) is 50.3 Å². The zero-order chi connectivity index (χ0) is 14.8. The van der Waals surface area contributed by atoms with Gasteiger partial charge in [-0.3, -0.25) is 0 Å². The van der Waals surface area contributed by atoms with Crippen molar-refractivity contribution < 1.29 is 9.16 Å². The van der Waals surface area contributed by atoms with Crippen molar-refractivity contribution in [3.63, 3.8) is 0 Å². The molecule has 1 rings (SSSR count). The third-order valence-corrected chi connectivity index (χ3v) is 4.90. The summed E-state index contributed by atoms with van der Waals surface area (Å²) in [6.45, 7) is 11.7. The van der Waals surface area contributed by atoms with E-state index in [1.807, 2.05) is 13.0 Å². The second-order valence-electron chi connectivity index (χ2n) is 4.84. The molecule has 20 heavy (non-hydrogen) atoms. The van der Waals surface area contributed by atoms with Crippen molar-refractivity contribution in [1.29, 1.82) is 0 Å². The zero-order valence-electron chi connectivity index (χ0n) is 12.9. The van der Waals surface area contributed by atoms with Gasteiger partial charge in [-0.15, -0.1) is 0 Å². The Hall–Kier alpha value is -0.903. The summed E-state index contributed by atoms with van der Waals surface area (Å²) < 4.78 is 11.5. The average Bonchev–Trinajstić information content (AvgIpc) is 2.47. The highest BCUT2D eigenvalue weighted by Crippen LogP contribution is 2.17. The van der Waals surface area contributed by atoms with E-state index >= 15 is 0 Å². The summed E-state index contributed by atoms with van der Waals surface area (Å²) in [4.78, 5) is 0. The molecule has 3 heteroatoms. The number of hydrogen-bond acceptors (Lipinski definition) is 2. The van der Waals surface area contributed by atoms with Crippen molar-refractivity contribution in [3.8, 4) is 0 Å². The van der Waals surface area contributed by atoms with Gasteiger partial charge in [0.25, 0.3) is 0 Å². The Kier molecular flexibility index (Phi) is 8.50. The second kappa shape index (κ2) is 9.92. The van der Waals surface area contributed by atoms with Gasteiger partial charge in [-0.2, -0.15) is 0 Å². The average molecular weight is 290 g/mol. The first-order valence-electron chi connectivity index (χ1n) is 7.41. The third-order valence-electron chi connectivity index (χ3n) is 3.35. The molecule has 0 saturated carbocycles. The smallest absolute Gasteiger partial charge is 0.235 e. The molecule has 2 nitrogen and oxygen atoms in total. The minimum Gasteiger partial charge on any atom is -0.417 e. The summed E-state index contributed by atoms with van der Waals surface area (Å²) in [6, 6.07) is 8.44. The van der Waals surface area contributed by atoms with Gasteiger partial charge in [-0.25, -0.2) is 0 Å². The van der Waals surface area contributed by atoms with Crippen LogP contribution in [0.25, 0.3) is 6.08 Å². The first-order valence-corrected chi connectivity index (χ1v) is 8.40. The van der Waals surface area contributed by atoms with Crippen LogP contribution in [0.4, 0.5) is 0 Å². The fourth-order valence-corrected chi connectivity index (χ4v) is 2.99. The molecule has 0 bridgehead atoms. The molecule has 0 amide bonds. The number of ether oxygens (including phenoxy) is 1. The number of rotatable bonds is 10. The maximum atomic E-state index is 5.85. The fourth-order valence-electron chi connectivity index (χ4n) is 2.10. The normalized spacial score (nSPS) is 13.9. The summed E-state index contributed by atoms with van der Waals surface area (Å²) >= 11 is 0.